The van der Waals surface area contributed by atoms with Crippen LogP contribution in [0.4, 0.5) is 17.6 Å². The van der Waals surface area contributed by atoms with Crippen LogP contribution in [0.25, 0.3) is 16.9 Å². The van der Waals surface area contributed by atoms with Gasteiger partial charge >= 0.3 is 6.18 Å². The van der Waals surface area contributed by atoms with Crippen molar-refractivity contribution in [3.8, 4) is 28.4 Å². The minimum atomic E-state index is -4.85. The maximum atomic E-state index is 14.5. The molecule has 42 heavy (non-hydrogen) atoms. The smallest absolute Gasteiger partial charge is 0.398 e. The Morgan fingerprint density at radius 2 is 1.93 bits per heavy atom. The third-order valence-electron chi connectivity index (χ3n) is 7.14. The van der Waals surface area contributed by atoms with Gasteiger partial charge in [-0.25, -0.2) is 14.1 Å². The number of primary amides is 1. The molecule has 5 rings (SSSR count). The maximum Gasteiger partial charge on any atom is 0.398 e. The van der Waals surface area contributed by atoms with Gasteiger partial charge in [-0.15, -0.1) is 0 Å². The maximum absolute atomic E-state index is 14.5. The standard InChI is InChI=1S/C29H25F4N5O4/c1-28(27(34)40)15-42-25-21(28)11-23(37-24(25)16-6-8-18(30)9-7-16)22(29(31,32)33)13-35-26(39)17-12-36-38(14-17)19-4-3-5-20(10-19)41-2/h3-12,14,22H,13,15H2,1-2H3,(H2,34,40)(H,35,39)/t22-,28+/m1/s1. The van der Waals surface area contributed by atoms with E-state index in [-0.39, 0.29) is 34.7 Å². The normalized spacial score (nSPS) is 16.8. The number of carbonyl (C=O) groups is 2. The summed E-state index contributed by atoms with van der Waals surface area (Å²) in [6.45, 7) is 0.390. The van der Waals surface area contributed by atoms with Crippen molar-refractivity contribution in [2.75, 3.05) is 20.3 Å². The molecule has 0 saturated heterocycles. The predicted octanol–water partition coefficient (Wildman–Crippen LogP) is 4.29. The van der Waals surface area contributed by atoms with Crippen molar-refractivity contribution in [1.82, 2.24) is 20.1 Å². The molecular weight excluding hydrogens is 558 g/mol. The molecule has 2 amide bonds. The van der Waals surface area contributed by atoms with E-state index >= 15 is 0 Å². The fourth-order valence-corrected chi connectivity index (χ4v) is 4.61. The molecule has 3 heterocycles. The molecule has 0 fully saturated rings. The van der Waals surface area contributed by atoms with E-state index in [1.807, 2.05) is 0 Å². The fourth-order valence-electron chi connectivity index (χ4n) is 4.61. The first-order valence-corrected chi connectivity index (χ1v) is 12.7. The van der Waals surface area contributed by atoms with E-state index in [1.54, 1.807) is 24.3 Å². The fraction of sp³-hybridized carbons (Fsp3) is 0.241. The Bertz CT molecular complexity index is 1650. The lowest BCUT2D eigenvalue weighted by molar-refractivity contribution is -0.149. The Hall–Kier alpha value is -4.94. The average molecular weight is 584 g/mol. The number of hydrogen-bond donors (Lipinski definition) is 2. The first kappa shape index (κ1) is 28.6. The highest BCUT2D eigenvalue weighted by atomic mass is 19.4. The van der Waals surface area contributed by atoms with E-state index in [4.69, 9.17) is 15.2 Å². The Kier molecular flexibility index (Phi) is 7.35. The van der Waals surface area contributed by atoms with Crippen LogP contribution in [0.2, 0.25) is 0 Å². The number of methoxy groups -OCH3 is 1. The SMILES string of the molecule is COc1cccc(-n2cc(C(=O)NC[C@H](c3cc4c(c(-c5ccc(F)cc5)n3)OC[C@]4(C)C(N)=O)C(F)(F)F)cn2)c1. The Morgan fingerprint density at radius 3 is 2.60 bits per heavy atom. The van der Waals surface area contributed by atoms with E-state index in [2.05, 4.69) is 15.4 Å². The van der Waals surface area contributed by atoms with Crippen molar-refractivity contribution in [2.24, 2.45) is 5.73 Å². The molecule has 13 heteroatoms. The van der Waals surface area contributed by atoms with Crippen molar-refractivity contribution in [1.29, 1.82) is 0 Å². The molecule has 9 nitrogen and oxygen atoms in total. The van der Waals surface area contributed by atoms with Crippen LogP contribution >= 0.6 is 0 Å². The van der Waals surface area contributed by atoms with Gasteiger partial charge in [-0.2, -0.15) is 18.3 Å². The summed E-state index contributed by atoms with van der Waals surface area (Å²) in [6, 6.07) is 12.9. The number of hydrogen-bond acceptors (Lipinski definition) is 6. The average Bonchev–Trinajstić information content (AvgIpc) is 3.59. The molecule has 0 unspecified atom stereocenters. The predicted molar refractivity (Wildman–Crippen MR) is 143 cm³/mol. The molecule has 1 aliphatic rings. The van der Waals surface area contributed by atoms with Gasteiger partial charge in [-0.05, 0) is 49.4 Å². The van der Waals surface area contributed by atoms with Gasteiger partial charge in [0.1, 0.15) is 40.9 Å². The van der Waals surface area contributed by atoms with Gasteiger partial charge in [0.2, 0.25) is 5.91 Å². The number of carbonyl (C=O) groups excluding carboxylic acids is 2. The third-order valence-corrected chi connectivity index (χ3v) is 7.14. The number of nitrogens with zero attached hydrogens (tertiary/aromatic N) is 3. The topological polar surface area (TPSA) is 121 Å². The lowest BCUT2D eigenvalue weighted by Crippen LogP contribution is -2.40. The van der Waals surface area contributed by atoms with Gasteiger partial charge in [0, 0.05) is 29.9 Å². The minimum Gasteiger partial charge on any atom is -0.497 e. The second-order valence-electron chi connectivity index (χ2n) is 9.94. The van der Waals surface area contributed by atoms with Crippen LogP contribution in [-0.4, -0.2) is 53.0 Å². The third kappa shape index (κ3) is 5.37. The number of fused-ring (bicyclic) bond motifs is 1. The summed E-state index contributed by atoms with van der Waals surface area (Å²) in [5.74, 6) is -3.77. The van der Waals surface area contributed by atoms with Gasteiger partial charge in [-0.3, -0.25) is 9.59 Å². The Balaban J connectivity index is 1.47. The summed E-state index contributed by atoms with van der Waals surface area (Å²) in [4.78, 5) is 29.5. The van der Waals surface area contributed by atoms with Crippen LogP contribution in [0.1, 0.15) is 34.5 Å². The summed E-state index contributed by atoms with van der Waals surface area (Å²) in [6.07, 6.45) is -2.24. The van der Waals surface area contributed by atoms with E-state index in [0.717, 1.165) is 18.2 Å². The molecule has 1 aliphatic heterocycles. The second kappa shape index (κ2) is 10.8. The number of alkyl halides is 3. The number of ether oxygens (including phenoxy) is 2. The molecule has 0 radical (unpaired) electrons. The lowest BCUT2D eigenvalue weighted by atomic mass is 9.82. The number of halogens is 4. The van der Waals surface area contributed by atoms with Crippen molar-refractivity contribution >= 4 is 11.8 Å². The van der Waals surface area contributed by atoms with Crippen LogP contribution in [0.3, 0.4) is 0 Å². The summed E-state index contributed by atoms with van der Waals surface area (Å²) in [5.41, 5.74) is 4.71. The zero-order valence-electron chi connectivity index (χ0n) is 22.4. The van der Waals surface area contributed by atoms with Crippen LogP contribution < -0.4 is 20.5 Å². The molecule has 0 bridgehead atoms. The van der Waals surface area contributed by atoms with E-state index in [9.17, 15) is 27.2 Å². The van der Waals surface area contributed by atoms with E-state index in [0.29, 0.717) is 11.4 Å². The number of pyridine rings is 1. The molecule has 2 atom stereocenters. The number of benzene rings is 2. The number of amides is 2. The first-order valence-electron chi connectivity index (χ1n) is 12.7. The summed E-state index contributed by atoms with van der Waals surface area (Å²) in [7, 11) is 1.50. The minimum absolute atomic E-state index is 0.00684. The van der Waals surface area contributed by atoms with E-state index < -0.39 is 47.4 Å². The molecule has 3 N–H and O–H groups in total. The first-order chi connectivity index (χ1) is 19.9. The van der Waals surface area contributed by atoms with E-state index in [1.165, 1.54) is 43.2 Å². The van der Waals surface area contributed by atoms with Crippen LogP contribution in [-0.2, 0) is 10.2 Å². The van der Waals surface area contributed by atoms with Gasteiger partial charge in [0.05, 0.1) is 30.3 Å². The van der Waals surface area contributed by atoms with Crippen molar-refractivity contribution in [3.63, 3.8) is 0 Å². The number of nitrogens with two attached hydrogens (primary N) is 1. The van der Waals surface area contributed by atoms with Crippen molar-refractivity contribution < 1.29 is 36.6 Å². The molecular formula is C29H25F4N5O4. The second-order valence-corrected chi connectivity index (χ2v) is 9.94. The van der Waals surface area contributed by atoms with Crippen LogP contribution in [0.5, 0.6) is 11.5 Å². The highest BCUT2D eigenvalue weighted by molar-refractivity contribution is 5.94. The Labute approximate surface area is 237 Å². The van der Waals surface area contributed by atoms with Crippen molar-refractivity contribution in [2.45, 2.75) is 24.4 Å². The van der Waals surface area contributed by atoms with Gasteiger partial charge in [0.25, 0.3) is 5.91 Å². The highest BCUT2D eigenvalue weighted by Gasteiger charge is 2.47. The summed E-state index contributed by atoms with van der Waals surface area (Å²) in [5, 5.41) is 6.44. The molecule has 0 saturated carbocycles. The van der Waals surface area contributed by atoms with Crippen LogP contribution in [0.15, 0.2) is 67.0 Å². The summed E-state index contributed by atoms with van der Waals surface area (Å²) < 4.78 is 69.2. The summed E-state index contributed by atoms with van der Waals surface area (Å²) >= 11 is 0. The number of aromatic nitrogens is 3. The Morgan fingerprint density at radius 1 is 1.19 bits per heavy atom. The highest BCUT2D eigenvalue weighted by Crippen LogP contribution is 2.46. The molecule has 2 aromatic heterocycles. The van der Waals surface area contributed by atoms with Crippen LogP contribution in [0, 0.1) is 5.82 Å². The monoisotopic (exact) mass is 583 g/mol. The lowest BCUT2D eigenvalue weighted by Gasteiger charge is -2.24. The molecule has 0 aliphatic carbocycles. The molecule has 4 aromatic rings. The number of rotatable bonds is 8. The van der Waals surface area contributed by atoms with Gasteiger partial charge in [-0.1, -0.05) is 6.07 Å². The quantitative estimate of drug-likeness (QED) is 0.299. The van der Waals surface area contributed by atoms with Gasteiger partial charge in [0.15, 0.2) is 0 Å². The number of nitrogens with one attached hydrogen (secondary N) is 1. The zero-order chi connectivity index (χ0) is 30.2. The zero-order valence-corrected chi connectivity index (χ0v) is 22.4. The van der Waals surface area contributed by atoms with Gasteiger partial charge < -0.3 is 20.5 Å². The molecule has 0 spiro atoms. The van der Waals surface area contributed by atoms with Crippen molar-refractivity contribution in [3.05, 3.63) is 89.6 Å². The molecule has 218 valence electrons. The molecule has 2 aromatic carbocycles. The largest absolute Gasteiger partial charge is 0.497 e.